The molecule has 2 rings (SSSR count). The Kier molecular flexibility index (Phi) is 5.14. The molecule has 22 heavy (non-hydrogen) atoms. The van der Waals surface area contributed by atoms with Crippen LogP contribution in [0.5, 0.6) is 0 Å². The van der Waals surface area contributed by atoms with Crippen molar-refractivity contribution in [3.05, 3.63) is 69.7 Å². The Balaban J connectivity index is 2.00. The van der Waals surface area contributed by atoms with Gasteiger partial charge in [0.25, 0.3) is 5.91 Å². The predicted molar refractivity (Wildman–Crippen MR) is 94.3 cm³/mol. The molecule has 0 atom stereocenters. The highest BCUT2D eigenvalue weighted by Gasteiger charge is 2.14. The van der Waals surface area contributed by atoms with E-state index in [0.717, 1.165) is 10.0 Å². The van der Waals surface area contributed by atoms with Crippen molar-refractivity contribution in [2.24, 2.45) is 5.10 Å². The molecular weight excluding hydrogens is 340 g/mol. The molecule has 1 amide bonds. The number of nitrogens with one attached hydrogen (secondary N) is 1. The fourth-order valence-electron chi connectivity index (χ4n) is 1.94. The molecular formula is C18H19BrN2O. The Bertz CT molecular complexity index is 685. The molecule has 0 aliphatic rings. The van der Waals surface area contributed by atoms with Gasteiger partial charge in [-0.2, -0.15) is 5.10 Å². The Morgan fingerprint density at radius 3 is 2.41 bits per heavy atom. The summed E-state index contributed by atoms with van der Waals surface area (Å²) in [5.74, 6) is -0.216. The van der Waals surface area contributed by atoms with Gasteiger partial charge in [-0.3, -0.25) is 4.79 Å². The molecule has 2 aromatic rings. The minimum atomic E-state index is -0.216. The maximum absolute atomic E-state index is 12.0. The van der Waals surface area contributed by atoms with Crippen LogP contribution < -0.4 is 5.43 Å². The molecule has 0 saturated carbocycles. The average molecular weight is 359 g/mol. The maximum atomic E-state index is 12.0. The zero-order chi connectivity index (χ0) is 16.2. The molecule has 0 aliphatic carbocycles. The first-order valence-electron chi connectivity index (χ1n) is 7.06. The van der Waals surface area contributed by atoms with Crippen LogP contribution in [-0.2, 0) is 5.41 Å². The van der Waals surface area contributed by atoms with E-state index in [2.05, 4.69) is 47.2 Å². The van der Waals surface area contributed by atoms with Gasteiger partial charge in [0.1, 0.15) is 0 Å². The van der Waals surface area contributed by atoms with Crippen LogP contribution in [0.1, 0.15) is 42.3 Å². The molecule has 0 bridgehead atoms. The first-order valence-corrected chi connectivity index (χ1v) is 7.85. The third kappa shape index (κ3) is 4.53. The second kappa shape index (κ2) is 6.88. The molecule has 0 spiro atoms. The van der Waals surface area contributed by atoms with Crippen molar-refractivity contribution in [2.45, 2.75) is 26.2 Å². The number of nitrogens with zero attached hydrogens (tertiary/aromatic N) is 1. The van der Waals surface area contributed by atoms with Crippen molar-refractivity contribution in [3.8, 4) is 0 Å². The molecule has 4 heteroatoms. The number of rotatable bonds is 3. The van der Waals surface area contributed by atoms with E-state index in [1.54, 1.807) is 6.21 Å². The van der Waals surface area contributed by atoms with E-state index in [1.165, 1.54) is 5.56 Å². The second-order valence-electron chi connectivity index (χ2n) is 6.08. The van der Waals surface area contributed by atoms with E-state index >= 15 is 0 Å². The zero-order valence-electron chi connectivity index (χ0n) is 12.9. The van der Waals surface area contributed by atoms with Crippen molar-refractivity contribution < 1.29 is 4.79 Å². The zero-order valence-corrected chi connectivity index (χ0v) is 14.5. The highest BCUT2D eigenvalue weighted by molar-refractivity contribution is 9.10. The van der Waals surface area contributed by atoms with Crippen molar-refractivity contribution in [3.63, 3.8) is 0 Å². The van der Waals surface area contributed by atoms with Crippen LogP contribution in [0.15, 0.2) is 58.1 Å². The summed E-state index contributed by atoms with van der Waals surface area (Å²) in [5.41, 5.74) is 5.32. The SMILES string of the molecule is CC(C)(C)c1ccc(C(=O)NN=Cc2cccc(Br)c2)cc1. The number of hydrazone groups is 1. The number of amides is 1. The fraction of sp³-hybridized carbons (Fsp3) is 0.222. The number of carbonyl (C=O) groups is 1. The third-order valence-electron chi connectivity index (χ3n) is 3.24. The van der Waals surface area contributed by atoms with Gasteiger partial charge in [0.05, 0.1) is 6.21 Å². The quantitative estimate of drug-likeness (QED) is 0.636. The number of halogens is 1. The number of carbonyl (C=O) groups excluding carboxylic acids is 1. The largest absolute Gasteiger partial charge is 0.271 e. The second-order valence-corrected chi connectivity index (χ2v) is 7.00. The first kappa shape index (κ1) is 16.4. The predicted octanol–water partition coefficient (Wildman–Crippen LogP) is 4.51. The van der Waals surface area contributed by atoms with Crippen molar-refractivity contribution >= 4 is 28.1 Å². The molecule has 1 N–H and O–H groups in total. The molecule has 0 radical (unpaired) electrons. The number of benzene rings is 2. The van der Waals surface area contributed by atoms with E-state index in [0.29, 0.717) is 5.56 Å². The molecule has 0 aliphatic heterocycles. The minimum absolute atomic E-state index is 0.0772. The van der Waals surface area contributed by atoms with Gasteiger partial charge >= 0.3 is 0 Å². The summed E-state index contributed by atoms with van der Waals surface area (Å²) in [5, 5.41) is 3.98. The summed E-state index contributed by atoms with van der Waals surface area (Å²) in [4.78, 5) is 12.0. The van der Waals surface area contributed by atoms with Crippen molar-refractivity contribution in [2.75, 3.05) is 0 Å². The standard InChI is InChI=1S/C18H19BrN2O/c1-18(2,3)15-9-7-14(8-10-15)17(22)21-20-12-13-5-4-6-16(19)11-13/h4-12H,1-3H3,(H,21,22). The average Bonchev–Trinajstić information content (AvgIpc) is 2.46. The number of hydrogen-bond acceptors (Lipinski definition) is 2. The highest BCUT2D eigenvalue weighted by atomic mass is 79.9. The van der Waals surface area contributed by atoms with Gasteiger partial charge in [-0.1, -0.05) is 61.0 Å². The summed E-state index contributed by atoms with van der Waals surface area (Å²) in [6.45, 7) is 6.43. The van der Waals surface area contributed by atoms with E-state index in [-0.39, 0.29) is 11.3 Å². The van der Waals surface area contributed by atoms with Gasteiger partial charge in [-0.25, -0.2) is 5.43 Å². The van der Waals surface area contributed by atoms with Crippen LogP contribution in [0.2, 0.25) is 0 Å². The lowest BCUT2D eigenvalue weighted by atomic mass is 9.87. The Labute approximate surface area is 139 Å². The monoisotopic (exact) mass is 358 g/mol. The van der Waals surface area contributed by atoms with Gasteiger partial charge in [-0.05, 0) is 40.8 Å². The third-order valence-corrected chi connectivity index (χ3v) is 3.73. The van der Waals surface area contributed by atoms with E-state index < -0.39 is 0 Å². The van der Waals surface area contributed by atoms with E-state index in [1.807, 2.05) is 48.5 Å². The Morgan fingerprint density at radius 1 is 1.14 bits per heavy atom. The van der Waals surface area contributed by atoms with Crippen molar-refractivity contribution in [1.29, 1.82) is 0 Å². The molecule has 0 heterocycles. The Hall–Kier alpha value is -1.94. The molecule has 2 aromatic carbocycles. The first-order chi connectivity index (χ1) is 10.4. The van der Waals surface area contributed by atoms with Crippen LogP contribution in [0, 0.1) is 0 Å². The molecule has 0 fully saturated rings. The van der Waals surface area contributed by atoms with Gasteiger partial charge in [-0.15, -0.1) is 0 Å². The Morgan fingerprint density at radius 2 is 1.82 bits per heavy atom. The molecule has 0 saturated heterocycles. The van der Waals surface area contributed by atoms with Gasteiger partial charge < -0.3 is 0 Å². The lowest BCUT2D eigenvalue weighted by Gasteiger charge is -2.18. The van der Waals surface area contributed by atoms with Gasteiger partial charge in [0.15, 0.2) is 0 Å². The summed E-state index contributed by atoms with van der Waals surface area (Å²) < 4.78 is 0.973. The van der Waals surface area contributed by atoms with E-state index in [4.69, 9.17) is 0 Å². The summed E-state index contributed by atoms with van der Waals surface area (Å²) >= 11 is 3.39. The van der Waals surface area contributed by atoms with Crippen LogP contribution in [-0.4, -0.2) is 12.1 Å². The topological polar surface area (TPSA) is 41.5 Å². The summed E-state index contributed by atoms with van der Waals surface area (Å²) in [6, 6.07) is 15.3. The minimum Gasteiger partial charge on any atom is -0.267 e. The molecule has 114 valence electrons. The number of hydrogen-bond donors (Lipinski definition) is 1. The summed E-state index contributed by atoms with van der Waals surface area (Å²) in [6.07, 6.45) is 1.62. The van der Waals surface area contributed by atoms with Gasteiger partial charge in [0, 0.05) is 10.0 Å². The van der Waals surface area contributed by atoms with Crippen molar-refractivity contribution in [1.82, 2.24) is 5.43 Å². The normalized spacial score (nSPS) is 11.6. The smallest absolute Gasteiger partial charge is 0.267 e. The van der Waals surface area contributed by atoms with Crippen LogP contribution in [0.25, 0.3) is 0 Å². The highest BCUT2D eigenvalue weighted by Crippen LogP contribution is 2.22. The fourth-order valence-corrected chi connectivity index (χ4v) is 2.36. The molecule has 3 nitrogen and oxygen atoms in total. The molecule has 0 unspecified atom stereocenters. The lowest BCUT2D eigenvalue weighted by molar-refractivity contribution is 0.0955. The van der Waals surface area contributed by atoms with Gasteiger partial charge in [0.2, 0.25) is 0 Å². The lowest BCUT2D eigenvalue weighted by Crippen LogP contribution is -2.18. The van der Waals surface area contributed by atoms with E-state index in [9.17, 15) is 4.79 Å². The van der Waals surface area contributed by atoms with Crippen LogP contribution >= 0.6 is 15.9 Å². The van der Waals surface area contributed by atoms with Crippen LogP contribution in [0.4, 0.5) is 0 Å². The van der Waals surface area contributed by atoms with Crippen LogP contribution in [0.3, 0.4) is 0 Å². The molecule has 0 aromatic heterocycles. The maximum Gasteiger partial charge on any atom is 0.271 e. The summed E-state index contributed by atoms with van der Waals surface area (Å²) in [7, 11) is 0.